The van der Waals surface area contributed by atoms with Gasteiger partial charge >= 0.3 is 5.97 Å². The van der Waals surface area contributed by atoms with Crippen molar-refractivity contribution < 1.29 is 18.3 Å². The Labute approximate surface area is 99.6 Å². The number of ether oxygens (including phenoxy) is 1. The molecule has 0 amide bonds. The van der Waals surface area contributed by atoms with Crippen LogP contribution in [0.15, 0.2) is 18.2 Å². The van der Waals surface area contributed by atoms with E-state index in [0.717, 1.165) is 43.9 Å². The molecule has 1 aromatic rings. The first-order valence-corrected chi connectivity index (χ1v) is 5.77. The summed E-state index contributed by atoms with van der Waals surface area (Å²) in [7, 11) is 0. The molecule has 0 unspecified atom stereocenters. The minimum atomic E-state index is -0.807. The number of esters is 1. The second-order valence-corrected chi connectivity index (χ2v) is 3.82. The Morgan fingerprint density at radius 3 is 2.71 bits per heavy atom. The number of hydrogen-bond donors (Lipinski definition) is 0. The molecule has 94 valence electrons. The fourth-order valence-electron chi connectivity index (χ4n) is 1.43. The third kappa shape index (κ3) is 4.51. The van der Waals surface area contributed by atoms with Crippen LogP contribution in [0.3, 0.4) is 0 Å². The minimum absolute atomic E-state index is 0.245. The number of rotatable bonds is 6. The largest absolute Gasteiger partial charge is 0.462 e. The van der Waals surface area contributed by atoms with Gasteiger partial charge in [0.15, 0.2) is 0 Å². The van der Waals surface area contributed by atoms with E-state index in [1.54, 1.807) is 0 Å². The fraction of sp³-hybridized carbons (Fsp3) is 0.462. The summed E-state index contributed by atoms with van der Waals surface area (Å²) >= 11 is 0. The Bertz CT molecular complexity index is 378. The number of unbranched alkanes of at least 4 members (excludes halogenated alkanes) is 3. The summed E-state index contributed by atoms with van der Waals surface area (Å²) in [4.78, 5) is 11.4. The van der Waals surface area contributed by atoms with Crippen LogP contribution >= 0.6 is 0 Å². The molecule has 17 heavy (non-hydrogen) atoms. The van der Waals surface area contributed by atoms with Crippen molar-refractivity contribution in [3.05, 3.63) is 35.4 Å². The van der Waals surface area contributed by atoms with Crippen LogP contribution in [0.2, 0.25) is 0 Å². The van der Waals surface area contributed by atoms with Crippen molar-refractivity contribution in [2.24, 2.45) is 0 Å². The molecule has 0 N–H and O–H groups in total. The number of halogens is 2. The van der Waals surface area contributed by atoms with Crippen LogP contribution < -0.4 is 0 Å². The fourth-order valence-corrected chi connectivity index (χ4v) is 1.43. The van der Waals surface area contributed by atoms with Crippen LogP contribution in [0.4, 0.5) is 8.78 Å². The standard InChI is InChI=1S/C13H16F2O2/c1-2-3-4-5-8-17-13(16)11-9-10(14)6-7-12(11)15/h6-7,9H,2-5,8H2,1H3. The Balaban J connectivity index is 2.44. The van der Waals surface area contributed by atoms with Gasteiger partial charge < -0.3 is 4.74 Å². The van der Waals surface area contributed by atoms with E-state index in [0.29, 0.717) is 0 Å². The molecule has 0 saturated carbocycles. The van der Waals surface area contributed by atoms with Gasteiger partial charge in [-0.25, -0.2) is 13.6 Å². The summed E-state index contributed by atoms with van der Waals surface area (Å²) in [6.45, 7) is 2.32. The van der Waals surface area contributed by atoms with E-state index in [1.807, 2.05) is 0 Å². The van der Waals surface area contributed by atoms with Crippen molar-refractivity contribution in [3.8, 4) is 0 Å². The third-order valence-electron chi connectivity index (χ3n) is 2.38. The monoisotopic (exact) mass is 242 g/mol. The molecule has 0 aliphatic carbocycles. The average Bonchev–Trinajstić information content (AvgIpc) is 2.32. The lowest BCUT2D eigenvalue weighted by Gasteiger charge is -2.05. The molecule has 0 radical (unpaired) electrons. The first-order valence-electron chi connectivity index (χ1n) is 5.77. The normalized spacial score (nSPS) is 10.3. The maximum Gasteiger partial charge on any atom is 0.341 e. The van der Waals surface area contributed by atoms with Crippen LogP contribution in [0.25, 0.3) is 0 Å². The molecule has 1 rings (SSSR count). The first kappa shape index (κ1) is 13.6. The molecule has 0 fully saturated rings. The van der Waals surface area contributed by atoms with Gasteiger partial charge in [-0.3, -0.25) is 0 Å². The lowest BCUT2D eigenvalue weighted by atomic mass is 10.2. The molecule has 0 aliphatic heterocycles. The number of benzene rings is 1. The van der Waals surface area contributed by atoms with E-state index < -0.39 is 17.6 Å². The van der Waals surface area contributed by atoms with Gasteiger partial charge in [-0.05, 0) is 24.6 Å². The van der Waals surface area contributed by atoms with Crippen LogP contribution in [0.5, 0.6) is 0 Å². The highest BCUT2D eigenvalue weighted by atomic mass is 19.1. The Morgan fingerprint density at radius 1 is 1.24 bits per heavy atom. The van der Waals surface area contributed by atoms with Gasteiger partial charge in [0.25, 0.3) is 0 Å². The predicted octanol–water partition coefficient (Wildman–Crippen LogP) is 3.70. The zero-order valence-electron chi connectivity index (χ0n) is 9.84. The van der Waals surface area contributed by atoms with E-state index in [2.05, 4.69) is 6.92 Å². The smallest absolute Gasteiger partial charge is 0.341 e. The molecule has 0 heterocycles. The zero-order chi connectivity index (χ0) is 12.7. The molecular formula is C13H16F2O2. The van der Waals surface area contributed by atoms with Crippen molar-refractivity contribution in [2.75, 3.05) is 6.61 Å². The van der Waals surface area contributed by atoms with Gasteiger partial charge in [-0.1, -0.05) is 26.2 Å². The van der Waals surface area contributed by atoms with Crippen LogP contribution in [-0.4, -0.2) is 12.6 Å². The summed E-state index contributed by atoms with van der Waals surface area (Å²) in [6.07, 6.45) is 3.88. The van der Waals surface area contributed by atoms with Crippen molar-refractivity contribution in [3.63, 3.8) is 0 Å². The molecule has 4 heteroatoms. The summed E-state index contributed by atoms with van der Waals surface area (Å²) in [5.41, 5.74) is -0.347. The second-order valence-electron chi connectivity index (χ2n) is 3.82. The lowest BCUT2D eigenvalue weighted by molar-refractivity contribution is 0.0492. The van der Waals surface area contributed by atoms with Crippen LogP contribution in [-0.2, 0) is 4.74 Å². The highest BCUT2D eigenvalue weighted by Gasteiger charge is 2.13. The number of hydrogen-bond acceptors (Lipinski definition) is 2. The minimum Gasteiger partial charge on any atom is -0.462 e. The highest BCUT2D eigenvalue weighted by molar-refractivity contribution is 5.89. The van der Waals surface area contributed by atoms with E-state index in [4.69, 9.17) is 4.74 Å². The highest BCUT2D eigenvalue weighted by Crippen LogP contribution is 2.11. The van der Waals surface area contributed by atoms with Crippen molar-refractivity contribution in [1.82, 2.24) is 0 Å². The first-order chi connectivity index (χ1) is 8.15. The maximum atomic E-state index is 13.2. The number of carbonyl (C=O) groups is 1. The Hall–Kier alpha value is -1.45. The Morgan fingerprint density at radius 2 is 2.00 bits per heavy atom. The quantitative estimate of drug-likeness (QED) is 0.561. The lowest BCUT2D eigenvalue weighted by Crippen LogP contribution is -2.09. The van der Waals surface area contributed by atoms with E-state index >= 15 is 0 Å². The van der Waals surface area contributed by atoms with Gasteiger partial charge in [0.05, 0.1) is 12.2 Å². The zero-order valence-corrected chi connectivity index (χ0v) is 9.84. The summed E-state index contributed by atoms with van der Waals surface area (Å²) in [6, 6.07) is 2.74. The van der Waals surface area contributed by atoms with Crippen LogP contribution in [0, 0.1) is 11.6 Å². The summed E-state index contributed by atoms with van der Waals surface area (Å²) < 4.78 is 30.9. The van der Waals surface area contributed by atoms with Crippen LogP contribution in [0.1, 0.15) is 43.0 Å². The van der Waals surface area contributed by atoms with Gasteiger partial charge in [-0.2, -0.15) is 0 Å². The van der Waals surface area contributed by atoms with Crippen molar-refractivity contribution in [2.45, 2.75) is 32.6 Å². The molecule has 2 nitrogen and oxygen atoms in total. The molecule has 0 spiro atoms. The second kappa shape index (κ2) is 6.99. The molecule has 0 saturated heterocycles. The third-order valence-corrected chi connectivity index (χ3v) is 2.38. The van der Waals surface area contributed by atoms with Gasteiger partial charge in [-0.15, -0.1) is 0 Å². The SMILES string of the molecule is CCCCCCOC(=O)c1cc(F)ccc1F. The summed E-state index contributed by atoms with van der Waals surface area (Å²) in [5.74, 6) is -2.22. The average molecular weight is 242 g/mol. The number of carbonyl (C=O) groups excluding carboxylic acids is 1. The molecule has 0 atom stereocenters. The van der Waals surface area contributed by atoms with Gasteiger partial charge in [0.2, 0.25) is 0 Å². The molecule has 1 aromatic carbocycles. The van der Waals surface area contributed by atoms with E-state index in [-0.39, 0.29) is 12.2 Å². The molecular weight excluding hydrogens is 226 g/mol. The van der Waals surface area contributed by atoms with Gasteiger partial charge in [0.1, 0.15) is 11.6 Å². The molecule has 0 aromatic heterocycles. The van der Waals surface area contributed by atoms with Crippen molar-refractivity contribution >= 4 is 5.97 Å². The Kier molecular flexibility index (Phi) is 5.60. The van der Waals surface area contributed by atoms with Gasteiger partial charge in [0, 0.05) is 0 Å². The molecule has 0 aliphatic rings. The topological polar surface area (TPSA) is 26.3 Å². The van der Waals surface area contributed by atoms with E-state index in [1.165, 1.54) is 0 Å². The summed E-state index contributed by atoms with van der Waals surface area (Å²) in [5, 5.41) is 0. The maximum absolute atomic E-state index is 13.2. The molecule has 0 bridgehead atoms. The van der Waals surface area contributed by atoms with E-state index in [9.17, 15) is 13.6 Å². The predicted molar refractivity (Wildman–Crippen MR) is 60.8 cm³/mol. The van der Waals surface area contributed by atoms with Crippen molar-refractivity contribution in [1.29, 1.82) is 0 Å².